The van der Waals surface area contributed by atoms with E-state index in [9.17, 15) is 9.59 Å². The Morgan fingerprint density at radius 1 is 1.08 bits per heavy atom. The highest BCUT2D eigenvalue weighted by molar-refractivity contribution is 8.00. The van der Waals surface area contributed by atoms with Crippen molar-refractivity contribution in [3.05, 3.63) is 60.2 Å². The van der Waals surface area contributed by atoms with Crippen LogP contribution in [0.4, 0.5) is 5.69 Å². The SMILES string of the molecule is COCCCNC(=O)c1ccccc1NC(=O)[C@@H](C)Sc1ccccc1. The molecule has 0 aromatic heterocycles. The Morgan fingerprint density at radius 3 is 2.50 bits per heavy atom. The summed E-state index contributed by atoms with van der Waals surface area (Å²) < 4.78 is 4.97. The van der Waals surface area contributed by atoms with Crippen LogP contribution in [0.25, 0.3) is 0 Å². The lowest BCUT2D eigenvalue weighted by Gasteiger charge is -2.15. The molecule has 0 aliphatic carbocycles. The lowest BCUT2D eigenvalue weighted by atomic mass is 10.1. The maximum atomic E-state index is 12.5. The van der Waals surface area contributed by atoms with Crippen LogP contribution in [0.1, 0.15) is 23.7 Å². The molecule has 0 bridgehead atoms. The van der Waals surface area contributed by atoms with Crippen LogP contribution < -0.4 is 10.6 Å². The van der Waals surface area contributed by atoms with Gasteiger partial charge in [0.25, 0.3) is 5.91 Å². The predicted octanol–water partition coefficient (Wildman–Crippen LogP) is 3.57. The summed E-state index contributed by atoms with van der Waals surface area (Å²) in [6.45, 7) is 2.96. The Bertz CT molecular complexity index is 722. The number of hydrogen-bond acceptors (Lipinski definition) is 4. The average molecular weight is 372 g/mol. The lowest BCUT2D eigenvalue weighted by molar-refractivity contribution is -0.115. The van der Waals surface area contributed by atoms with Crippen LogP contribution in [-0.4, -0.2) is 37.3 Å². The third kappa shape index (κ3) is 6.20. The highest BCUT2D eigenvalue weighted by Gasteiger charge is 2.17. The molecular weight excluding hydrogens is 348 g/mol. The summed E-state index contributed by atoms with van der Waals surface area (Å²) >= 11 is 1.48. The van der Waals surface area contributed by atoms with Crippen molar-refractivity contribution in [1.29, 1.82) is 0 Å². The second-order valence-electron chi connectivity index (χ2n) is 5.71. The smallest absolute Gasteiger partial charge is 0.253 e. The number of anilines is 1. The molecule has 0 fully saturated rings. The normalized spacial score (nSPS) is 11.6. The first-order chi connectivity index (χ1) is 12.6. The number of thioether (sulfide) groups is 1. The highest BCUT2D eigenvalue weighted by atomic mass is 32.2. The number of amides is 2. The standard InChI is InChI=1S/C20H24N2O3S/c1-15(26-16-9-4-3-5-10-16)19(23)22-18-12-7-6-11-17(18)20(24)21-13-8-14-25-2/h3-7,9-12,15H,8,13-14H2,1-2H3,(H,21,24)(H,22,23)/t15-/m1/s1. The van der Waals surface area contributed by atoms with Crippen LogP contribution in [-0.2, 0) is 9.53 Å². The maximum Gasteiger partial charge on any atom is 0.253 e. The van der Waals surface area contributed by atoms with Gasteiger partial charge in [0.1, 0.15) is 0 Å². The third-order valence-electron chi connectivity index (χ3n) is 3.67. The molecule has 138 valence electrons. The molecule has 0 spiro atoms. The Balaban J connectivity index is 1.98. The summed E-state index contributed by atoms with van der Waals surface area (Å²) in [6, 6.07) is 16.8. The number of para-hydroxylation sites is 1. The first-order valence-corrected chi connectivity index (χ1v) is 9.38. The van der Waals surface area contributed by atoms with Gasteiger partial charge >= 0.3 is 0 Å². The monoisotopic (exact) mass is 372 g/mol. The minimum atomic E-state index is -0.282. The van der Waals surface area contributed by atoms with E-state index >= 15 is 0 Å². The van der Waals surface area contributed by atoms with Crippen molar-refractivity contribution in [3.8, 4) is 0 Å². The number of hydrogen-bond donors (Lipinski definition) is 2. The molecule has 5 nitrogen and oxygen atoms in total. The summed E-state index contributed by atoms with van der Waals surface area (Å²) in [5, 5.41) is 5.43. The predicted molar refractivity (Wildman–Crippen MR) is 106 cm³/mol. The molecule has 2 aromatic rings. The minimum absolute atomic E-state index is 0.140. The topological polar surface area (TPSA) is 67.4 Å². The van der Waals surface area contributed by atoms with Gasteiger partial charge in [-0.2, -0.15) is 0 Å². The Morgan fingerprint density at radius 2 is 1.77 bits per heavy atom. The van der Waals surface area contributed by atoms with Crippen molar-refractivity contribution in [3.63, 3.8) is 0 Å². The molecule has 26 heavy (non-hydrogen) atoms. The van der Waals surface area contributed by atoms with Crippen molar-refractivity contribution in [2.75, 3.05) is 25.6 Å². The van der Waals surface area contributed by atoms with E-state index in [0.29, 0.717) is 24.4 Å². The first kappa shape index (κ1) is 20.0. The summed E-state index contributed by atoms with van der Waals surface area (Å²) in [4.78, 5) is 25.9. The summed E-state index contributed by atoms with van der Waals surface area (Å²) in [7, 11) is 1.63. The molecule has 0 saturated heterocycles. The van der Waals surface area contributed by atoms with E-state index < -0.39 is 0 Å². The number of benzene rings is 2. The molecule has 0 aliphatic heterocycles. The molecule has 2 N–H and O–H groups in total. The molecule has 0 aliphatic rings. The van der Waals surface area contributed by atoms with E-state index in [2.05, 4.69) is 10.6 Å². The fraction of sp³-hybridized carbons (Fsp3) is 0.300. The van der Waals surface area contributed by atoms with E-state index in [1.54, 1.807) is 31.4 Å². The van der Waals surface area contributed by atoms with Gasteiger partial charge in [-0.15, -0.1) is 11.8 Å². The zero-order valence-electron chi connectivity index (χ0n) is 15.0. The van der Waals surface area contributed by atoms with Crippen LogP contribution in [0.15, 0.2) is 59.5 Å². The molecule has 0 heterocycles. The number of carbonyl (C=O) groups is 2. The second-order valence-corrected chi connectivity index (χ2v) is 7.12. The van der Waals surface area contributed by atoms with Gasteiger partial charge in [-0.1, -0.05) is 30.3 Å². The van der Waals surface area contributed by atoms with E-state index in [4.69, 9.17) is 4.74 Å². The van der Waals surface area contributed by atoms with E-state index in [0.717, 1.165) is 11.3 Å². The quantitative estimate of drug-likeness (QED) is 0.522. The first-order valence-electron chi connectivity index (χ1n) is 8.50. The van der Waals surface area contributed by atoms with Gasteiger partial charge in [0.15, 0.2) is 0 Å². The van der Waals surface area contributed by atoms with E-state index in [1.165, 1.54) is 11.8 Å². The average Bonchev–Trinajstić information content (AvgIpc) is 2.66. The van der Waals surface area contributed by atoms with Crippen molar-refractivity contribution in [2.45, 2.75) is 23.5 Å². The van der Waals surface area contributed by atoms with Gasteiger partial charge in [-0.05, 0) is 37.6 Å². The van der Waals surface area contributed by atoms with Gasteiger partial charge in [0, 0.05) is 25.2 Å². The molecule has 0 unspecified atom stereocenters. The largest absolute Gasteiger partial charge is 0.385 e. The second kappa shape index (κ2) is 10.6. The lowest BCUT2D eigenvalue weighted by Crippen LogP contribution is -2.28. The summed E-state index contributed by atoms with van der Waals surface area (Å²) in [5.41, 5.74) is 0.970. The molecule has 2 aromatic carbocycles. The molecule has 1 atom stereocenters. The van der Waals surface area contributed by atoms with Crippen LogP contribution >= 0.6 is 11.8 Å². The highest BCUT2D eigenvalue weighted by Crippen LogP contribution is 2.24. The van der Waals surface area contributed by atoms with E-state index in [-0.39, 0.29) is 17.1 Å². The van der Waals surface area contributed by atoms with Crippen LogP contribution in [0.3, 0.4) is 0 Å². The van der Waals surface area contributed by atoms with Gasteiger partial charge in [-0.3, -0.25) is 9.59 Å². The number of ether oxygens (including phenoxy) is 1. The zero-order valence-corrected chi connectivity index (χ0v) is 15.8. The minimum Gasteiger partial charge on any atom is -0.385 e. The number of methoxy groups -OCH3 is 1. The van der Waals surface area contributed by atoms with Crippen molar-refractivity contribution in [2.24, 2.45) is 0 Å². The van der Waals surface area contributed by atoms with Gasteiger partial charge < -0.3 is 15.4 Å². The number of carbonyl (C=O) groups excluding carboxylic acids is 2. The zero-order chi connectivity index (χ0) is 18.8. The molecule has 0 radical (unpaired) electrons. The maximum absolute atomic E-state index is 12.5. The van der Waals surface area contributed by atoms with Crippen LogP contribution in [0.2, 0.25) is 0 Å². The van der Waals surface area contributed by atoms with Crippen molar-refractivity contribution < 1.29 is 14.3 Å². The fourth-order valence-corrected chi connectivity index (χ4v) is 3.18. The third-order valence-corrected chi connectivity index (χ3v) is 4.78. The Kier molecular flexibility index (Phi) is 8.18. The molecule has 6 heteroatoms. The van der Waals surface area contributed by atoms with Gasteiger partial charge in [-0.25, -0.2) is 0 Å². The van der Waals surface area contributed by atoms with Crippen molar-refractivity contribution in [1.82, 2.24) is 5.32 Å². The summed E-state index contributed by atoms with van der Waals surface area (Å²) in [6.07, 6.45) is 0.738. The Hall–Kier alpha value is -2.31. The van der Waals surface area contributed by atoms with Gasteiger partial charge in [0.05, 0.1) is 16.5 Å². The Labute approximate surface area is 158 Å². The molecule has 2 amide bonds. The van der Waals surface area contributed by atoms with E-state index in [1.807, 2.05) is 37.3 Å². The van der Waals surface area contributed by atoms with Crippen LogP contribution in [0, 0.1) is 0 Å². The number of nitrogens with one attached hydrogen (secondary N) is 2. The molecule has 2 rings (SSSR count). The number of rotatable bonds is 9. The summed E-state index contributed by atoms with van der Waals surface area (Å²) in [5.74, 6) is -0.348. The fourth-order valence-electron chi connectivity index (χ4n) is 2.29. The molecular formula is C20H24N2O3S. The van der Waals surface area contributed by atoms with Crippen LogP contribution in [0.5, 0.6) is 0 Å². The molecule has 0 saturated carbocycles. The van der Waals surface area contributed by atoms with Gasteiger partial charge in [0.2, 0.25) is 5.91 Å². The van der Waals surface area contributed by atoms with Crippen molar-refractivity contribution >= 4 is 29.3 Å².